The molecule has 1 aromatic rings. The number of sulfonamides is 1. The van der Waals surface area contributed by atoms with Gasteiger partial charge in [-0.3, -0.25) is 4.90 Å². The first-order chi connectivity index (χ1) is 12.2. The number of nitrogens with zero attached hydrogens (tertiary/aromatic N) is 2. The summed E-state index contributed by atoms with van der Waals surface area (Å²) in [4.78, 5) is 2.95. The summed E-state index contributed by atoms with van der Waals surface area (Å²) in [6.07, 6.45) is 5.23. The Kier molecular flexibility index (Phi) is 5.80. The molecule has 5 heteroatoms. The van der Waals surface area contributed by atoms with E-state index >= 15 is 0 Å². The molecule has 1 aliphatic carbocycles. The van der Waals surface area contributed by atoms with E-state index in [4.69, 9.17) is 0 Å². The van der Waals surface area contributed by atoms with Gasteiger partial charge in [0.1, 0.15) is 0 Å². The minimum atomic E-state index is -3.39. The molecule has 0 amide bonds. The minimum absolute atomic E-state index is 0.0323. The molecule has 0 spiro atoms. The van der Waals surface area contributed by atoms with Crippen molar-refractivity contribution >= 4 is 10.0 Å². The van der Waals surface area contributed by atoms with Gasteiger partial charge in [0.25, 0.3) is 0 Å². The third kappa shape index (κ3) is 4.15. The predicted molar refractivity (Wildman–Crippen MR) is 107 cm³/mol. The van der Waals surface area contributed by atoms with E-state index in [9.17, 15) is 8.42 Å². The lowest BCUT2D eigenvalue weighted by Gasteiger charge is -2.43. The van der Waals surface area contributed by atoms with Gasteiger partial charge in [0, 0.05) is 32.2 Å². The van der Waals surface area contributed by atoms with Gasteiger partial charge in [-0.25, -0.2) is 8.42 Å². The van der Waals surface area contributed by atoms with Crippen LogP contribution in [0.15, 0.2) is 29.2 Å². The molecule has 146 valence electrons. The van der Waals surface area contributed by atoms with Crippen LogP contribution in [-0.4, -0.2) is 49.8 Å². The van der Waals surface area contributed by atoms with E-state index in [-0.39, 0.29) is 5.41 Å². The van der Waals surface area contributed by atoms with Crippen molar-refractivity contribution in [1.29, 1.82) is 0 Å². The fourth-order valence-corrected chi connectivity index (χ4v) is 5.81. The van der Waals surface area contributed by atoms with Crippen molar-refractivity contribution in [2.24, 2.45) is 5.92 Å². The highest BCUT2D eigenvalue weighted by Crippen LogP contribution is 2.30. The van der Waals surface area contributed by atoms with Gasteiger partial charge in [0.2, 0.25) is 10.0 Å². The fourth-order valence-electron chi connectivity index (χ4n) is 4.39. The van der Waals surface area contributed by atoms with Gasteiger partial charge in [-0.2, -0.15) is 4.31 Å². The lowest BCUT2D eigenvalue weighted by atomic mass is 9.84. The summed E-state index contributed by atoms with van der Waals surface area (Å²) in [6.45, 7) is 11.7. The minimum Gasteiger partial charge on any atom is -0.298 e. The van der Waals surface area contributed by atoms with E-state index in [1.165, 1.54) is 25.7 Å². The zero-order valence-electron chi connectivity index (χ0n) is 16.7. The van der Waals surface area contributed by atoms with Gasteiger partial charge < -0.3 is 0 Å². The molecule has 2 fully saturated rings. The smallest absolute Gasteiger partial charge is 0.243 e. The normalized spacial score (nSPS) is 26.8. The third-order valence-corrected chi connectivity index (χ3v) is 8.08. The molecular formula is C21H34N2O2S. The van der Waals surface area contributed by atoms with Crippen LogP contribution in [-0.2, 0) is 15.4 Å². The Bertz CT molecular complexity index is 699. The van der Waals surface area contributed by atoms with Gasteiger partial charge in [-0.15, -0.1) is 0 Å². The number of rotatable bonds is 3. The van der Waals surface area contributed by atoms with Crippen molar-refractivity contribution in [1.82, 2.24) is 9.21 Å². The average Bonchev–Trinajstić information content (AvgIpc) is 2.62. The lowest BCUT2D eigenvalue weighted by Crippen LogP contribution is -2.53. The van der Waals surface area contributed by atoms with Gasteiger partial charge in [-0.1, -0.05) is 52.7 Å². The number of hydrogen-bond donors (Lipinski definition) is 0. The molecule has 2 atom stereocenters. The molecule has 0 radical (unpaired) electrons. The summed E-state index contributed by atoms with van der Waals surface area (Å²) in [5.41, 5.74) is 1.19. The van der Waals surface area contributed by atoms with E-state index in [1.54, 1.807) is 16.4 Å². The first-order valence-corrected chi connectivity index (χ1v) is 11.5. The monoisotopic (exact) mass is 378 g/mol. The van der Waals surface area contributed by atoms with Crippen LogP contribution in [0.5, 0.6) is 0 Å². The standard InChI is InChI=1S/C21H34N2O2S/c1-17-7-5-6-8-20(17)22-13-15-23(16-14-22)26(24,25)19-11-9-18(10-12-19)21(2,3)4/h9-12,17,20H,5-8,13-16H2,1-4H3/t17-,20-/m1/s1. The topological polar surface area (TPSA) is 40.6 Å². The fraction of sp³-hybridized carbons (Fsp3) is 0.714. The molecule has 1 saturated carbocycles. The van der Waals surface area contributed by atoms with Crippen LogP contribution in [0.3, 0.4) is 0 Å². The molecule has 0 bridgehead atoms. The molecule has 1 aliphatic heterocycles. The largest absolute Gasteiger partial charge is 0.298 e. The molecule has 0 N–H and O–H groups in total. The van der Waals surface area contributed by atoms with Crippen molar-refractivity contribution in [2.75, 3.05) is 26.2 Å². The summed E-state index contributed by atoms with van der Waals surface area (Å²) >= 11 is 0. The van der Waals surface area contributed by atoms with Gasteiger partial charge >= 0.3 is 0 Å². The molecular weight excluding hydrogens is 344 g/mol. The van der Waals surface area contributed by atoms with E-state index in [1.807, 2.05) is 12.1 Å². The summed E-state index contributed by atoms with van der Waals surface area (Å²) in [5.74, 6) is 0.733. The maximum atomic E-state index is 13.0. The molecule has 1 heterocycles. The Labute approximate surface area is 159 Å². The van der Waals surface area contributed by atoms with Gasteiger partial charge in [0.05, 0.1) is 4.90 Å². The Morgan fingerprint density at radius 1 is 0.923 bits per heavy atom. The van der Waals surface area contributed by atoms with Crippen LogP contribution in [0, 0.1) is 5.92 Å². The van der Waals surface area contributed by atoms with Crippen molar-refractivity contribution in [2.45, 2.75) is 69.7 Å². The van der Waals surface area contributed by atoms with Crippen LogP contribution in [0.25, 0.3) is 0 Å². The maximum Gasteiger partial charge on any atom is 0.243 e. The molecule has 26 heavy (non-hydrogen) atoms. The molecule has 0 unspecified atom stereocenters. The van der Waals surface area contributed by atoms with E-state index < -0.39 is 10.0 Å². The molecule has 0 aromatic heterocycles. The Morgan fingerprint density at radius 2 is 1.50 bits per heavy atom. The first kappa shape index (κ1) is 19.8. The summed E-state index contributed by atoms with van der Waals surface area (Å²) < 4.78 is 27.7. The van der Waals surface area contributed by atoms with Gasteiger partial charge in [-0.05, 0) is 41.9 Å². The Hall–Kier alpha value is -0.910. The van der Waals surface area contributed by atoms with Crippen LogP contribution < -0.4 is 0 Å². The predicted octanol–water partition coefficient (Wildman–Crippen LogP) is 3.87. The number of piperazine rings is 1. The number of hydrogen-bond acceptors (Lipinski definition) is 3. The number of benzene rings is 1. The van der Waals surface area contributed by atoms with Crippen molar-refractivity contribution in [3.05, 3.63) is 29.8 Å². The highest BCUT2D eigenvalue weighted by molar-refractivity contribution is 7.89. The van der Waals surface area contributed by atoms with Crippen LogP contribution >= 0.6 is 0 Å². The summed E-state index contributed by atoms with van der Waals surface area (Å²) in [7, 11) is -3.39. The quantitative estimate of drug-likeness (QED) is 0.802. The maximum absolute atomic E-state index is 13.0. The molecule has 4 nitrogen and oxygen atoms in total. The lowest BCUT2D eigenvalue weighted by molar-refractivity contribution is 0.0786. The van der Waals surface area contributed by atoms with Crippen LogP contribution in [0.4, 0.5) is 0 Å². The SMILES string of the molecule is C[C@@H]1CCCC[C@H]1N1CCN(S(=O)(=O)c2ccc(C(C)(C)C)cc2)CC1. The molecule has 1 saturated heterocycles. The second-order valence-electron chi connectivity index (χ2n) is 9.04. The van der Waals surface area contributed by atoms with Gasteiger partial charge in [0.15, 0.2) is 0 Å². The van der Waals surface area contributed by atoms with E-state index in [0.717, 1.165) is 24.6 Å². The highest BCUT2D eigenvalue weighted by atomic mass is 32.2. The van der Waals surface area contributed by atoms with E-state index in [2.05, 4.69) is 32.6 Å². The molecule has 2 aliphatic rings. The van der Waals surface area contributed by atoms with E-state index in [0.29, 0.717) is 24.0 Å². The van der Waals surface area contributed by atoms with Crippen LogP contribution in [0.1, 0.15) is 58.9 Å². The average molecular weight is 379 g/mol. The Balaban J connectivity index is 1.66. The second-order valence-corrected chi connectivity index (χ2v) is 11.0. The third-order valence-electron chi connectivity index (χ3n) is 6.17. The highest BCUT2D eigenvalue weighted by Gasteiger charge is 2.33. The molecule has 3 rings (SSSR count). The summed E-state index contributed by atoms with van der Waals surface area (Å²) in [5, 5.41) is 0. The zero-order chi connectivity index (χ0) is 18.9. The van der Waals surface area contributed by atoms with Crippen molar-refractivity contribution in [3.63, 3.8) is 0 Å². The second kappa shape index (κ2) is 7.61. The Morgan fingerprint density at radius 3 is 2.04 bits per heavy atom. The van der Waals surface area contributed by atoms with Crippen molar-refractivity contribution in [3.8, 4) is 0 Å². The first-order valence-electron chi connectivity index (χ1n) is 10.0. The van der Waals surface area contributed by atoms with Crippen LogP contribution in [0.2, 0.25) is 0 Å². The van der Waals surface area contributed by atoms with Crippen molar-refractivity contribution < 1.29 is 8.42 Å². The molecule has 1 aromatic carbocycles. The zero-order valence-corrected chi connectivity index (χ0v) is 17.6. The summed E-state index contributed by atoms with van der Waals surface area (Å²) in [6, 6.07) is 8.08.